The molecule has 1 aromatic rings. The first-order chi connectivity index (χ1) is 12.4. The van der Waals surface area contributed by atoms with Crippen LogP contribution in [-0.2, 0) is 14.8 Å². The van der Waals surface area contributed by atoms with Crippen molar-refractivity contribution in [3.63, 3.8) is 0 Å². The van der Waals surface area contributed by atoms with Crippen LogP contribution in [0.2, 0.25) is 4.34 Å². The van der Waals surface area contributed by atoms with Crippen LogP contribution in [0.1, 0.15) is 33.1 Å². The van der Waals surface area contributed by atoms with Gasteiger partial charge in [0.2, 0.25) is 5.91 Å². The lowest BCUT2D eigenvalue weighted by molar-refractivity contribution is -0.122. The summed E-state index contributed by atoms with van der Waals surface area (Å²) in [4.78, 5) is 14.4. The van der Waals surface area contributed by atoms with Gasteiger partial charge in [-0.05, 0) is 44.0 Å². The molecule has 1 aromatic heterocycles. The van der Waals surface area contributed by atoms with Crippen molar-refractivity contribution in [3.05, 3.63) is 16.5 Å². The number of carbonyl (C=O) groups excluding carboxylic acids is 1. The number of likely N-dealkylation sites (N-methyl/N-ethyl adjacent to an activating group) is 1. The molecule has 26 heavy (non-hydrogen) atoms. The number of hydrogen-bond donors (Lipinski definition) is 1. The number of nitrogens with zero attached hydrogens (tertiary/aromatic N) is 2. The Labute approximate surface area is 165 Å². The minimum atomic E-state index is -3.46. The average Bonchev–Trinajstić information content (AvgIpc) is 3.06. The van der Waals surface area contributed by atoms with E-state index >= 15 is 0 Å². The van der Waals surface area contributed by atoms with E-state index in [1.54, 1.807) is 12.1 Å². The third kappa shape index (κ3) is 5.92. The van der Waals surface area contributed by atoms with Gasteiger partial charge >= 0.3 is 0 Å². The first kappa shape index (κ1) is 21.6. The van der Waals surface area contributed by atoms with E-state index in [0.717, 1.165) is 31.0 Å². The highest BCUT2D eigenvalue weighted by atomic mass is 35.5. The van der Waals surface area contributed by atoms with Crippen molar-refractivity contribution in [3.8, 4) is 0 Å². The van der Waals surface area contributed by atoms with Crippen molar-refractivity contribution in [2.75, 3.05) is 39.3 Å². The molecule has 1 aliphatic rings. The van der Waals surface area contributed by atoms with Crippen molar-refractivity contribution in [2.24, 2.45) is 5.92 Å². The Morgan fingerprint density at radius 2 is 1.96 bits per heavy atom. The number of piperidine rings is 1. The van der Waals surface area contributed by atoms with Gasteiger partial charge in [-0.1, -0.05) is 25.4 Å². The third-order valence-electron chi connectivity index (χ3n) is 4.83. The minimum absolute atomic E-state index is 0.0588. The molecule has 0 atom stereocenters. The predicted octanol–water partition coefficient (Wildman–Crippen LogP) is 2.65. The quantitative estimate of drug-likeness (QED) is 0.665. The van der Waals surface area contributed by atoms with E-state index in [9.17, 15) is 13.2 Å². The smallest absolute Gasteiger partial charge is 0.252 e. The number of halogens is 1. The number of carbonyl (C=O) groups is 1. The lowest BCUT2D eigenvalue weighted by Gasteiger charge is -2.30. The summed E-state index contributed by atoms with van der Waals surface area (Å²) < 4.78 is 27.4. The summed E-state index contributed by atoms with van der Waals surface area (Å²) in [7, 11) is -3.46. The zero-order valence-electron chi connectivity index (χ0n) is 15.4. The van der Waals surface area contributed by atoms with Gasteiger partial charge in [-0.15, -0.1) is 11.3 Å². The van der Waals surface area contributed by atoms with Crippen LogP contribution >= 0.6 is 22.9 Å². The van der Waals surface area contributed by atoms with E-state index in [4.69, 9.17) is 11.6 Å². The van der Waals surface area contributed by atoms with Crippen LogP contribution < -0.4 is 5.32 Å². The van der Waals surface area contributed by atoms with Gasteiger partial charge in [-0.25, -0.2) is 8.42 Å². The van der Waals surface area contributed by atoms with E-state index in [0.29, 0.717) is 43.2 Å². The van der Waals surface area contributed by atoms with Gasteiger partial charge in [-0.2, -0.15) is 4.31 Å². The third-order valence-corrected chi connectivity index (χ3v) is 8.43. The highest BCUT2D eigenvalue weighted by Crippen LogP contribution is 2.31. The number of thiophene rings is 1. The summed E-state index contributed by atoms with van der Waals surface area (Å²) in [5, 5.41) is 2.97. The maximum Gasteiger partial charge on any atom is 0.252 e. The molecule has 1 saturated heterocycles. The summed E-state index contributed by atoms with van der Waals surface area (Å²) in [6.45, 7) is 8.61. The highest BCUT2D eigenvalue weighted by molar-refractivity contribution is 7.91. The van der Waals surface area contributed by atoms with Gasteiger partial charge in [0.05, 0.1) is 4.34 Å². The second kappa shape index (κ2) is 10.0. The van der Waals surface area contributed by atoms with Gasteiger partial charge in [0, 0.05) is 32.6 Å². The lowest BCUT2D eigenvalue weighted by Crippen LogP contribution is -2.40. The van der Waals surface area contributed by atoms with Crippen LogP contribution in [0.15, 0.2) is 16.3 Å². The second-order valence-corrected chi connectivity index (χ2v) is 10.4. The first-order valence-corrected chi connectivity index (χ1v) is 11.7. The molecule has 2 heterocycles. The van der Waals surface area contributed by atoms with Gasteiger partial charge in [0.25, 0.3) is 10.0 Å². The zero-order chi connectivity index (χ0) is 19.2. The molecular weight excluding hydrogens is 394 g/mol. The Morgan fingerprint density at radius 3 is 2.50 bits per heavy atom. The number of rotatable bonds is 9. The van der Waals surface area contributed by atoms with Crippen LogP contribution in [-0.4, -0.2) is 62.8 Å². The Hall–Kier alpha value is -0.670. The fourth-order valence-electron chi connectivity index (χ4n) is 3.14. The molecule has 1 amide bonds. The van der Waals surface area contributed by atoms with Crippen LogP contribution in [0, 0.1) is 5.92 Å². The van der Waals surface area contributed by atoms with Gasteiger partial charge < -0.3 is 10.2 Å². The normalized spacial score (nSPS) is 16.9. The SMILES string of the molecule is CCN(CC)CCNC(=O)CC1CCN(S(=O)(=O)c2ccc(Cl)s2)CC1. The molecule has 0 spiro atoms. The zero-order valence-corrected chi connectivity index (χ0v) is 17.8. The molecule has 0 aromatic carbocycles. The molecule has 1 aliphatic heterocycles. The second-order valence-electron chi connectivity index (χ2n) is 6.49. The van der Waals surface area contributed by atoms with E-state index in [2.05, 4.69) is 24.1 Å². The fraction of sp³-hybridized carbons (Fsp3) is 0.706. The molecule has 0 radical (unpaired) electrons. The summed E-state index contributed by atoms with van der Waals surface area (Å²) in [6, 6.07) is 3.16. The van der Waals surface area contributed by atoms with Crippen molar-refractivity contribution >= 4 is 38.9 Å². The number of nitrogens with one attached hydrogen (secondary N) is 1. The van der Waals surface area contributed by atoms with Crippen molar-refractivity contribution < 1.29 is 13.2 Å². The molecule has 1 N–H and O–H groups in total. The topological polar surface area (TPSA) is 69.7 Å². The molecule has 1 fully saturated rings. The highest BCUT2D eigenvalue weighted by Gasteiger charge is 2.31. The van der Waals surface area contributed by atoms with Crippen LogP contribution in [0.25, 0.3) is 0 Å². The maximum absolute atomic E-state index is 12.6. The summed E-state index contributed by atoms with van der Waals surface area (Å²) in [5.41, 5.74) is 0. The summed E-state index contributed by atoms with van der Waals surface area (Å²) in [5.74, 6) is 0.297. The van der Waals surface area contributed by atoms with Crippen LogP contribution in [0.3, 0.4) is 0 Å². The molecular formula is C17H28ClN3O3S2. The lowest BCUT2D eigenvalue weighted by atomic mass is 9.94. The van der Waals surface area contributed by atoms with Crippen LogP contribution in [0.5, 0.6) is 0 Å². The van der Waals surface area contributed by atoms with E-state index < -0.39 is 10.0 Å². The number of sulfonamides is 1. The predicted molar refractivity (Wildman–Crippen MR) is 106 cm³/mol. The molecule has 0 saturated carbocycles. The van der Waals surface area contributed by atoms with Crippen molar-refractivity contribution in [2.45, 2.75) is 37.3 Å². The summed E-state index contributed by atoms with van der Waals surface area (Å²) >= 11 is 6.94. The van der Waals surface area contributed by atoms with E-state index in [1.165, 1.54) is 4.31 Å². The first-order valence-electron chi connectivity index (χ1n) is 9.11. The van der Waals surface area contributed by atoms with Crippen molar-refractivity contribution in [1.82, 2.24) is 14.5 Å². The molecule has 0 bridgehead atoms. The standard InChI is InChI=1S/C17H28ClN3O3S2/c1-3-20(4-2)12-9-19-16(22)13-14-7-10-21(11-8-14)26(23,24)17-6-5-15(18)25-17/h5-6,14H,3-4,7-13H2,1-2H3,(H,19,22). The number of amides is 1. The Balaban J connectivity index is 1.75. The monoisotopic (exact) mass is 421 g/mol. The number of hydrogen-bond acceptors (Lipinski definition) is 5. The van der Waals surface area contributed by atoms with Gasteiger partial charge in [-0.3, -0.25) is 4.79 Å². The van der Waals surface area contributed by atoms with Crippen LogP contribution in [0.4, 0.5) is 0 Å². The molecule has 148 valence electrons. The molecule has 0 aliphatic carbocycles. The largest absolute Gasteiger partial charge is 0.355 e. The van der Waals surface area contributed by atoms with E-state index in [1.807, 2.05) is 0 Å². The Kier molecular flexibility index (Phi) is 8.35. The molecule has 6 nitrogen and oxygen atoms in total. The molecule has 0 unspecified atom stereocenters. The Bertz CT molecular complexity index is 681. The summed E-state index contributed by atoms with van der Waals surface area (Å²) in [6.07, 6.45) is 1.89. The van der Waals surface area contributed by atoms with Crippen molar-refractivity contribution in [1.29, 1.82) is 0 Å². The van der Waals surface area contributed by atoms with Gasteiger partial charge in [0.1, 0.15) is 4.21 Å². The maximum atomic E-state index is 12.6. The molecule has 9 heteroatoms. The van der Waals surface area contributed by atoms with E-state index in [-0.39, 0.29) is 16.0 Å². The van der Waals surface area contributed by atoms with Gasteiger partial charge in [0.15, 0.2) is 0 Å². The average molecular weight is 422 g/mol. The molecule has 2 rings (SSSR count). The fourth-order valence-corrected chi connectivity index (χ4v) is 6.25. The Morgan fingerprint density at radius 1 is 1.31 bits per heavy atom. The minimum Gasteiger partial charge on any atom is -0.355 e.